The number of unbranched alkanes of at least 4 members (excludes halogenated alkanes) is 2. The van der Waals surface area contributed by atoms with E-state index in [-0.39, 0.29) is 57.4 Å². The number of carbonyl (C=O) groups is 15. The molecule has 0 aromatic heterocycles. The van der Waals surface area contributed by atoms with Crippen molar-refractivity contribution in [3.05, 3.63) is 35.9 Å². The molecule has 1 aromatic carbocycles. The van der Waals surface area contributed by atoms with E-state index in [9.17, 15) is 87.2 Å². The van der Waals surface area contributed by atoms with Gasteiger partial charge in [0.15, 0.2) is 0 Å². The van der Waals surface area contributed by atoms with Crippen LogP contribution >= 0.6 is 23.5 Å². The number of hydrogen-bond acceptors (Lipinski definition) is 22. The molecule has 0 unspecified atom stereocenters. The topological polar surface area (TPSA) is 549 Å². The van der Waals surface area contributed by atoms with Crippen LogP contribution in [-0.4, -0.2) is 264 Å². The van der Waals surface area contributed by atoms with Crippen LogP contribution in [0.3, 0.4) is 0 Å². The Morgan fingerprint density at radius 3 is 1.55 bits per heavy atom. The molecule has 1 fully saturated rings. The number of carbonyl (C=O) groups excluding carboxylic acids is 14. The molecule has 21 N–H and O–H groups in total. The standard InChI is InChI=1S/C58H94N16O19S2/c1-33(66-53(88)37(15-8-10-20-59)69-52(87)36(65-32-77)18-23-94-3)49(84)63-28-46(81)74-22-12-17-43(74)57(92)62-27-44(79)67-40(25-35-13-6-5-7-14-35)56(91)70-39(19-24-95-4)55(90)73-48(34(2)78)58(93)71-38(16-9-11-21-60)54(89)72-42(31-76)51(86)61-26-45(80)68-41(30-75)50(85)64-29-47(82)83/h5-7,13-14,32-34,36-43,48,75-76,78H,8-12,15-31,59-60H2,1-4H3,(H,61,86)(H,62,92)(H,63,84)(H,64,85)(H,65,77)(H,66,88)(H,67,79)(H,68,80)(H,69,87)(H,70,91)(H,71,93)(H,72,89)(H,73,90)(H,82,83)/t33-,34+,36-,37-,38-,39-,40-,41-,42-,43-,48-/m0/s1. The molecular formula is C58H94N16O19S2. The van der Waals surface area contributed by atoms with E-state index in [1.165, 1.54) is 35.3 Å². The average Bonchev–Trinajstić information content (AvgIpc) is 1.85. The van der Waals surface area contributed by atoms with Gasteiger partial charge in [0.25, 0.3) is 0 Å². The molecular weight excluding hydrogens is 1290 g/mol. The predicted octanol–water partition coefficient (Wildman–Crippen LogP) is -8.09. The van der Waals surface area contributed by atoms with Crippen molar-refractivity contribution in [3.8, 4) is 0 Å². The number of carboxylic acids is 1. The Morgan fingerprint density at radius 2 is 1.01 bits per heavy atom. The van der Waals surface area contributed by atoms with Gasteiger partial charge in [-0.15, -0.1) is 0 Å². The monoisotopic (exact) mass is 1380 g/mol. The van der Waals surface area contributed by atoms with E-state index in [0.29, 0.717) is 56.4 Å². The Balaban J connectivity index is 2.18. The van der Waals surface area contributed by atoms with E-state index in [1.54, 1.807) is 36.6 Å². The van der Waals surface area contributed by atoms with Gasteiger partial charge in [0, 0.05) is 13.0 Å². The van der Waals surface area contributed by atoms with E-state index in [2.05, 4.69) is 63.8 Å². The summed E-state index contributed by atoms with van der Waals surface area (Å²) in [5.74, 6) is -12.0. The number of benzene rings is 1. The summed E-state index contributed by atoms with van der Waals surface area (Å²) in [5.41, 5.74) is 11.9. The van der Waals surface area contributed by atoms with E-state index in [1.807, 2.05) is 11.6 Å². The quantitative estimate of drug-likeness (QED) is 0.0213. The fourth-order valence-electron chi connectivity index (χ4n) is 9.31. The van der Waals surface area contributed by atoms with Gasteiger partial charge in [0.2, 0.25) is 83.2 Å². The van der Waals surface area contributed by atoms with Gasteiger partial charge in [-0.25, -0.2) is 0 Å². The lowest BCUT2D eigenvalue weighted by Crippen LogP contribution is -2.62. The predicted molar refractivity (Wildman–Crippen MR) is 346 cm³/mol. The Morgan fingerprint density at radius 1 is 0.547 bits per heavy atom. The summed E-state index contributed by atoms with van der Waals surface area (Å²) < 4.78 is 0. The molecule has 11 atom stereocenters. The largest absolute Gasteiger partial charge is 0.480 e. The minimum atomic E-state index is -1.79. The lowest BCUT2D eigenvalue weighted by molar-refractivity contribution is -0.139. The van der Waals surface area contributed by atoms with Crippen LogP contribution in [0.15, 0.2) is 30.3 Å². The number of likely N-dealkylation sites (tertiary alicyclic amines) is 1. The fraction of sp³-hybridized carbons (Fsp3) is 0.638. The summed E-state index contributed by atoms with van der Waals surface area (Å²) in [6, 6.07) is -5.25. The van der Waals surface area contributed by atoms with E-state index < -0.39 is 189 Å². The lowest BCUT2D eigenvalue weighted by Gasteiger charge is -2.28. The second-order valence-electron chi connectivity index (χ2n) is 22.0. The number of aliphatic hydroxyl groups excluding tert-OH is 3. The van der Waals surface area contributed by atoms with Gasteiger partial charge in [-0.3, -0.25) is 71.9 Å². The van der Waals surface area contributed by atoms with Gasteiger partial charge in [-0.05, 0) is 121 Å². The number of aliphatic hydroxyl groups is 3. The highest BCUT2D eigenvalue weighted by atomic mass is 32.2. The molecule has 0 saturated carbocycles. The molecule has 1 aliphatic heterocycles. The van der Waals surface area contributed by atoms with Crippen molar-refractivity contribution in [2.24, 2.45) is 11.5 Å². The van der Waals surface area contributed by atoms with Crippen molar-refractivity contribution < 1.29 is 92.3 Å². The molecule has 35 nitrogen and oxygen atoms in total. The number of nitrogens with one attached hydrogen (secondary N) is 13. The van der Waals surface area contributed by atoms with Crippen LogP contribution in [0.1, 0.15) is 83.6 Å². The molecule has 0 radical (unpaired) electrons. The summed E-state index contributed by atoms with van der Waals surface area (Å²) in [7, 11) is 0. The highest BCUT2D eigenvalue weighted by molar-refractivity contribution is 7.98. The highest BCUT2D eigenvalue weighted by Gasteiger charge is 2.37. The third-order valence-corrected chi connectivity index (χ3v) is 15.8. The van der Waals surface area contributed by atoms with Crippen LogP contribution in [-0.2, 0) is 78.3 Å². The van der Waals surface area contributed by atoms with E-state index in [4.69, 9.17) is 16.6 Å². The van der Waals surface area contributed by atoms with Crippen LogP contribution in [0.5, 0.6) is 0 Å². The normalized spacial score (nSPS) is 15.7. The van der Waals surface area contributed by atoms with Gasteiger partial charge in [0.1, 0.15) is 67.0 Å². The number of amides is 14. The Kier molecular flexibility index (Phi) is 40.1. The zero-order valence-corrected chi connectivity index (χ0v) is 55.3. The van der Waals surface area contributed by atoms with Gasteiger partial charge < -0.3 is 106 Å². The summed E-state index contributed by atoms with van der Waals surface area (Å²) in [5, 5.41) is 70.3. The number of aliphatic carboxylic acids is 1. The zero-order valence-electron chi connectivity index (χ0n) is 53.7. The molecule has 14 amide bonds. The maximum Gasteiger partial charge on any atom is 0.322 e. The van der Waals surface area contributed by atoms with Crippen molar-refractivity contribution in [2.75, 3.05) is 83.0 Å². The molecule has 2 rings (SSSR count). The lowest BCUT2D eigenvalue weighted by atomic mass is 10.0. The number of carboxylic acid groups (broad SMARTS) is 1. The maximum absolute atomic E-state index is 14.3. The minimum absolute atomic E-state index is 0.0506. The summed E-state index contributed by atoms with van der Waals surface area (Å²) >= 11 is 2.76. The molecule has 0 aliphatic carbocycles. The molecule has 1 saturated heterocycles. The maximum atomic E-state index is 14.3. The second kappa shape index (κ2) is 46.0. The van der Waals surface area contributed by atoms with E-state index >= 15 is 0 Å². The first-order valence-corrected chi connectivity index (χ1v) is 33.6. The van der Waals surface area contributed by atoms with Crippen LogP contribution in [0.25, 0.3) is 0 Å². The molecule has 0 spiro atoms. The number of nitrogens with two attached hydrogens (primary N) is 2. The SMILES string of the molecule is CSCC[C@H](NC=O)C(=O)N[C@@H](CCCCN)C(=O)N[C@@H](C)C(=O)NCC(=O)N1CCC[C@H]1C(=O)NCC(=O)N[C@@H](Cc1ccccc1)C(=O)N[C@@H](CCSC)C(=O)N[C@H](C(=O)N[C@@H](CCCCN)C(=O)N[C@@H](CO)C(=O)NCC(=O)N[C@@H](CO)C(=O)NCC(=O)O)[C@@H](C)O. The third-order valence-electron chi connectivity index (χ3n) is 14.5. The molecule has 0 bridgehead atoms. The van der Waals surface area contributed by atoms with Gasteiger partial charge in [-0.1, -0.05) is 30.3 Å². The van der Waals surface area contributed by atoms with Gasteiger partial charge in [0.05, 0.1) is 39.0 Å². The molecule has 1 aliphatic rings. The van der Waals surface area contributed by atoms with Crippen LogP contribution in [0.4, 0.5) is 0 Å². The average molecular weight is 1380 g/mol. The highest BCUT2D eigenvalue weighted by Crippen LogP contribution is 2.18. The molecule has 37 heteroatoms. The number of nitrogens with zero attached hydrogens (tertiary/aromatic N) is 1. The number of thioether (sulfide) groups is 2. The van der Waals surface area contributed by atoms with Crippen LogP contribution in [0, 0.1) is 0 Å². The first-order chi connectivity index (χ1) is 45.3. The summed E-state index contributed by atoms with van der Waals surface area (Å²) in [6.07, 6.45) is 4.63. The molecule has 532 valence electrons. The fourth-order valence-corrected chi connectivity index (χ4v) is 10.3. The van der Waals surface area contributed by atoms with Gasteiger partial charge in [-0.2, -0.15) is 23.5 Å². The number of hydrogen-bond donors (Lipinski definition) is 19. The van der Waals surface area contributed by atoms with Crippen molar-refractivity contribution >= 4 is 113 Å². The third kappa shape index (κ3) is 31.3. The zero-order chi connectivity index (χ0) is 71.0. The molecule has 1 aromatic rings. The minimum Gasteiger partial charge on any atom is -0.480 e. The van der Waals surface area contributed by atoms with Gasteiger partial charge >= 0.3 is 5.97 Å². The van der Waals surface area contributed by atoms with Crippen molar-refractivity contribution in [2.45, 2.75) is 151 Å². The van der Waals surface area contributed by atoms with Crippen LogP contribution in [0.2, 0.25) is 0 Å². The Labute approximate surface area is 558 Å². The van der Waals surface area contributed by atoms with Crippen molar-refractivity contribution in [1.29, 1.82) is 0 Å². The smallest absolute Gasteiger partial charge is 0.322 e. The van der Waals surface area contributed by atoms with E-state index in [0.717, 1.165) is 6.92 Å². The van der Waals surface area contributed by atoms with Crippen molar-refractivity contribution in [1.82, 2.24) is 74.0 Å². The first-order valence-electron chi connectivity index (χ1n) is 30.8. The first kappa shape index (κ1) is 82.9. The molecule has 95 heavy (non-hydrogen) atoms. The Bertz CT molecular complexity index is 2720. The van der Waals surface area contributed by atoms with Crippen molar-refractivity contribution in [3.63, 3.8) is 0 Å². The van der Waals surface area contributed by atoms with Crippen LogP contribution < -0.4 is 80.6 Å². The summed E-state index contributed by atoms with van der Waals surface area (Å²) in [4.78, 5) is 197. The number of rotatable bonds is 47. The Hall–Kier alpha value is -8.23. The summed E-state index contributed by atoms with van der Waals surface area (Å²) in [6.45, 7) is -1.74. The molecule has 1 heterocycles. The second-order valence-corrected chi connectivity index (χ2v) is 23.9.